The zero-order valence-corrected chi connectivity index (χ0v) is 21.2. The van der Waals surface area contributed by atoms with Crippen molar-refractivity contribution in [3.05, 3.63) is 23.8 Å². The Morgan fingerprint density at radius 2 is 1.84 bits per heavy atom. The number of carbonyl (C=O) groups is 2. The van der Waals surface area contributed by atoms with Crippen molar-refractivity contribution in [1.82, 2.24) is 25.3 Å². The molecule has 9 nitrogen and oxygen atoms in total. The SMILES string of the molecule is CC(C)(C)NC(=O)n1nc(NCC(=O)N(C2CCC(C#N)CC2)C2CNC2)c2cc(C(F)(F)F)ccc21. The fraction of sp³-hybridized carbons (Fsp3) is 0.600. The first-order valence-corrected chi connectivity index (χ1v) is 12.5. The summed E-state index contributed by atoms with van der Waals surface area (Å²) in [4.78, 5) is 28.1. The molecular formula is C25H32F3N7O2. The van der Waals surface area contributed by atoms with E-state index >= 15 is 0 Å². The third kappa shape index (κ3) is 5.98. The van der Waals surface area contributed by atoms with Crippen LogP contribution >= 0.6 is 0 Å². The van der Waals surface area contributed by atoms with Crippen LogP contribution in [0, 0.1) is 17.2 Å². The summed E-state index contributed by atoms with van der Waals surface area (Å²) in [5.74, 6) is -0.164. The molecule has 0 radical (unpaired) electrons. The number of nitriles is 1. The Kier molecular flexibility index (Phi) is 7.37. The molecule has 2 aliphatic rings. The van der Waals surface area contributed by atoms with E-state index in [4.69, 9.17) is 0 Å². The van der Waals surface area contributed by atoms with E-state index < -0.39 is 23.3 Å². The molecule has 1 saturated carbocycles. The van der Waals surface area contributed by atoms with Crippen LogP contribution in [-0.4, -0.2) is 63.9 Å². The molecule has 0 atom stereocenters. The molecule has 1 aliphatic heterocycles. The number of halogens is 3. The van der Waals surface area contributed by atoms with E-state index in [1.807, 2.05) is 4.90 Å². The second kappa shape index (κ2) is 10.2. The van der Waals surface area contributed by atoms with Gasteiger partial charge < -0.3 is 20.9 Å². The third-order valence-electron chi connectivity index (χ3n) is 6.80. The lowest BCUT2D eigenvalue weighted by atomic mass is 9.85. The van der Waals surface area contributed by atoms with Gasteiger partial charge in [-0.05, 0) is 64.7 Å². The largest absolute Gasteiger partial charge is 0.416 e. The van der Waals surface area contributed by atoms with Gasteiger partial charge in [-0.15, -0.1) is 5.10 Å². The van der Waals surface area contributed by atoms with Crippen LogP contribution < -0.4 is 16.0 Å². The van der Waals surface area contributed by atoms with Crippen molar-refractivity contribution in [3.63, 3.8) is 0 Å². The summed E-state index contributed by atoms with van der Waals surface area (Å²) in [6.07, 6.45) is -1.64. The van der Waals surface area contributed by atoms with Crippen molar-refractivity contribution in [1.29, 1.82) is 5.26 Å². The van der Waals surface area contributed by atoms with E-state index in [-0.39, 0.29) is 47.2 Å². The van der Waals surface area contributed by atoms with E-state index in [0.717, 1.165) is 42.5 Å². The first-order valence-electron chi connectivity index (χ1n) is 12.5. The summed E-state index contributed by atoms with van der Waals surface area (Å²) in [6.45, 7) is 6.50. The van der Waals surface area contributed by atoms with Crippen LogP contribution in [0.3, 0.4) is 0 Å². The van der Waals surface area contributed by atoms with Crippen LogP contribution in [0.2, 0.25) is 0 Å². The minimum absolute atomic E-state index is 0.00300. The van der Waals surface area contributed by atoms with Crippen LogP contribution in [0.25, 0.3) is 10.9 Å². The fourth-order valence-corrected chi connectivity index (χ4v) is 4.86. The number of rotatable bonds is 5. The van der Waals surface area contributed by atoms with Gasteiger partial charge in [0.05, 0.1) is 29.7 Å². The molecular weight excluding hydrogens is 487 g/mol. The van der Waals surface area contributed by atoms with Crippen molar-refractivity contribution in [2.75, 3.05) is 25.0 Å². The Balaban J connectivity index is 1.59. The molecule has 2 amide bonds. The second-order valence-corrected chi connectivity index (χ2v) is 10.8. The minimum atomic E-state index is -4.58. The molecule has 0 bridgehead atoms. The van der Waals surface area contributed by atoms with Crippen molar-refractivity contribution >= 4 is 28.7 Å². The first-order chi connectivity index (χ1) is 17.4. The van der Waals surface area contributed by atoms with Gasteiger partial charge in [0.25, 0.3) is 0 Å². The summed E-state index contributed by atoms with van der Waals surface area (Å²) in [7, 11) is 0. The number of alkyl halides is 3. The molecule has 2 aromatic rings. The number of hydrogen-bond acceptors (Lipinski definition) is 6. The molecule has 1 saturated heterocycles. The molecule has 2 heterocycles. The van der Waals surface area contributed by atoms with Gasteiger partial charge in [0, 0.05) is 36.0 Å². The molecule has 2 fully saturated rings. The van der Waals surface area contributed by atoms with Gasteiger partial charge in [-0.25, -0.2) is 4.79 Å². The Morgan fingerprint density at radius 1 is 1.16 bits per heavy atom. The molecule has 0 spiro atoms. The Labute approximate surface area is 213 Å². The average Bonchev–Trinajstić information content (AvgIpc) is 3.16. The number of benzene rings is 1. The number of nitrogens with zero attached hydrogens (tertiary/aromatic N) is 4. The standard InChI is InChI=1S/C25H32F3N7O2/c1-24(2,3)32-23(37)35-20-9-6-16(25(26,27)28)10-19(20)22(33-35)31-14-21(36)34(18-12-30-13-18)17-7-4-15(11-29)5-8-17/h6,9-10,15,17-18,30H,4-5,7-8,12-14H2,1-3H3,(H,31,33)(H,32,37). The van der Waals surface area contributed by atoms with Crippen LogP contribution in [-0.2, 0) is 11.0 Å². The van der Waals surface area contributed by atoms with Gasteiger partial charge in [-0.1, -0.05) is 0 Å². The van der Waals surface area contributed by atoms with E-state index in [2.05, 4.69) is 27.1 Å². The molecule has 0 unspecified atom stereocenters. The van der Waals surface area contributed by atoms with E-state index in [0.29, 0.717) is 13.1 Å². The number of amides is 2. The molecule has 1 aromatic heterocycles. The maximum Gasteiger partial charge on any atom is 0.416 e. The predicted octanol–water partition coefficient (Wildman–Crippen LogP) is 3.71. The highest BCUT2D eigenvalue weighted by Gasteiger charge is 2.36. The van der Waals surface area contributed by atoms with Crippen LogP contribution in [0.1, 0.15) is 52.0 Å². The van der Waals surface area contributed by atoms with Crippen LogP contribution in [0.15, 0.2) is 18.2 Å². The average molecular weight is 520 g/mol. The number of nitrogens with one attached hydrogen (secondary N) is 3. The Morgan fingerprint density at radius 3 is 2.38 bits per heavy atom. The smallest absolute Gasteiger partial charge is 0.359 e. The van der Waals surface area contributed by atoms with E-state index in [1.54, 1.807) is 20.8 Å². The van der Waals surface area contributed by atoms with Gasteiger partial charge in [-0.2, -0.15) is 23.1 Å². The minimum Gasteiger partial charge on any atom is -0.359 e. The van der Waals surface area contributed by atoms with Crippen molar-refractivity contribution in [2.24, 2.45) is 5.92 Å². The molecule has 4 rings (SSSR count). The lowest BCUT2D eigenvalue weighted by molar-refractivity contribution is -0.138. The number of carbonyl (C=O) groups excluding carboxylic acids is 2. The maximum absolute atomic E-state index is 13.4. The van der Waals surface area contributed by atoms with Gasteiger partial charge in [-0.3, -0.25) is 4.79 Å². The fourth-order valence-electron chi connectivity index (χ4n) is 4.86. The highest BCUT2D eigenvalue weighted by molar-refractivity contribution is 5.98. The summed E-state index contributed by atoms with van der Waals surface area (Å²) < 4.78 is 41.3. The molecule has 3 N–H and O–H groups in total. The molecule has 1 aromatic carbocycles. The molecule has 1 aliphatic carbocycles. The van der Waals surface area contributed by atoms with Crippen molar-refractivity contribution in [2.45, 2.75) is 70.3 Å². The highest BCUT2D eigenvalue weighted by Crippen LogP contribution is 2.34. The zero-order chi connectivity index (χ0) is 27.0. The second-order valence-electron chi connectivity index (χ2n) is 10.8. The van der Waals surface area contributed by atoms with E-state index in [1.165, 1.54) is 6.07 Å². The van der Waals surface area contributed by atoms with Crippen molar-refractivity contribution in [3.8, 4) is 6.07 Å². The summed E-state index contributed by atoms with van der Waals surface area (Å²) in [5.41, 5.74) is -1.27. The van der Waals surface area contributed by atoms with E-state index in [9.17, 15) is 28.0 Å². The first kappa shape index (κ1) is 26.7. The van der Waals surface area contributed by atoms with Gasteiger partial charge >= 0.3 is 12.2 Å². The maximum atomic E-state index is 13.4. The topological polar surface area (TPSA) is 115 Å². The number of hydrogen-bond donors (Lipinski definition) is 3. The third-order valence-corrected chi connectivity index (χ3v) is 6.80. The summed E-state index contributed by atoms with van der Waals surface area (Å²) >= 11 is 0. The number of anilines is 1. The quantitative estimate of drug-likeness (QED) is 0.555. The summed E-state index contributed by atoms with van der Waals surface area (Å²) in [5, 5.41) is 22.4. The lowest BCUT2D eigenvalue weighted by Gasteiger charge is -2.45. The van der Waals surface area contributed by atoms with Crippen molar-refractivity contribution < 1.29 is 22.8 Å². The number of aromatic nitrogens is 2. The molecule has 37 heavy (non-hydrogen) atoms. The monoisotopic (exact) mass is 519 g/mol. The predicted molar refractivity (Wildman–Crippen MR) is 132 cm³/mol. The lowest BCUT2D eigenvalue weighted by Crippen LogP contribution is -2.63. The van der Waals surface area contributed by atoms with Crippen LogP contribution in [0.4, 0.5) is 23.8 Å². The molecule has 12 heteroatoms. The van der Waals surface area contributed by atoms with Gasteiger partial charge in [0.1, 0.15) is 0 Å². The molecule has 200 valence electrons. The Hall–Kier alpha value is -3.33. The Bertz CT molecular complexity index is 1200. The van der Waals surface area contributed by atoms with Gasteiger partial charge in [0.2, 0.25) is 5.91 Å². The number of fused-ring (bicyclic) bond motifs is 1. The van der Waals surface area contributed by atoms with Gasteiger partial charge in [0.15, 0.2) is 5.82 Å². The zero-order valence-electron chi connectivity index (χ0n) is 21.2. The summed E-state index contributed by atoms with van der Waals surface area (Å²) in [6, 6.07) is 4.80. The van der Waals surface area contributed by atoms with Crippen LogP contribution in [0.5, 0.6) is 0 Å². The normalized spacial score (nSPS) is 20.7. The highest BCUT2D eigenvalue weighted by atomic mass is 19.4.